The Morgan fingerprint density at radius 3 is 2.14 bits per heavy atom. The van der Waals surface area contributed by atoms with Crippen molar-refractivity contribution < 1.29 is 5.11 Å². The fourth-order valence-corrected chi connectivity index (χ4v) is 1.82. The average Bonchev–Trinajstić information content (AvgIpc) is 2.06. The van der Waals surface area contributed by atoms with E-state index in [0.29, 0.717) is 5.75 Å². The van der Waals surface area contributed by atoms with Crippen LogP contribution in [0, 0.1) is 13.8 Å². The first-order valence-corrected chi connectivity index (χ1v) is 5.53. The summed E-state index contributed by atoms with van der Waals surface area (Å²) in [5.74, 6) is 0.412. The lowest BCUT2D eigenvalue weighted by Gasteiger charge is -2.23. The number of aryl methyl sites for hydroxylation is 1. The normalized spacial score (nSPS) is 11.9. The largest absolute Gasteiger partial charge is 0.507 e. The van der Waals surface area contributed by atoms with Crippen LogP contribution in [0.15, 0.2) is 10.5 Å². The van der Waals surface area contributed by atoms with E-state index in [1.807, 2.05) is 19.9 Å². The van der Waals surface area contributed by atoms with E-state index in [9.17, 15) is 5.11 Å². The number of aromatic hydroxyl groups is 1. The SMILES string of the molecule is Cc1cc(C(C)(C)C)c(O)c(C)c1Br. The molecule has 0 saturated carbocycles. The summed E-state index contributed by atoms with van der Waals surface area (Å²) in [6.45, 7) is 10.3. The number of rotatable bonds is 0. The lowest BCUT2D eigenvalue weighted by molar-refractivity contribution is 0.442. The van der Waals surface area contributed by atoms with Gasteiger partial charge in [0, 0.05) is 10.0 Å². The van der Waals surface area contributed by atoms with E-state index in [4.69, 9.17) is 0 Å². The minimum Gasteiger partial charge on any atom is -0.507 e. The molecule has 1 aromatic rings. The van der Waals surface area contributed by atoms with Crippen LogP contribution in [0.25, 0.3) is 0 Å². The Kier molecular flexibility index (Phi) is 2.96. The van der Waals surface area contributed by atoms with Gasteiger partial charge < -0.3 is 5.11 Å². The first-order chi connectivity index (χ1) is 6.25. The van der Waals surface area contributed by atoms with Gasteiger partial charge in [0.15, 0.2) is 0 Å². The van der Waals surface area contributed by atoms with E-state index in [1.165, 1.54) is 5.56 Å². The molecule has 1 N–H and O–H groups in total. The van der Waals surface area contributed by atoms with Crippen LogP contribution in [0.4, 0.5) is 0 Å². The standard InChI is InChI=1S/C12H17BrO/c1-7-6-9(12(3,4)5)11(14)8(2)10(7)13/h6,14H,1-5H3. The number of benzene rings is 1. The molecule has 78 valence electrons. The molecule has 2 heteroatoms. The van der Waals surface area contributed by atoms with Crippen LogP contribution in [0.3, 0.4) is 0 Å². The molecular weight excluding hydrogens is 240 g/mol. The van der Waals surface area contributed by atoms with Crippen molar-refractivity contribution in [1.29, 1.82) is 0 Å². The Morgan fingerprint density at radius 2 is 1.71 bits per heavy atom. The van der Waals surface area contributed by atoms with Gasteiger partial charge in [-0.3, -0.25) is 0 Å². The molecule has 0 radical (unpaired) electrons. The van der Waals surface area contributed by atoms with Crippen LogP contribution >= 0.6 is 15.9 Å². The molecule has 0 aromatic heterocycles. The number of hydrogen-bond acceptors (Lipinski definition) is 1. The summed E-state index contributed by atoms with van der Waals surface area (Å²) in [5.41, 5.74) is 3.09. The van der Waals surface area contributed by atoms with Gasteiger partial charge in [-0.25, -0.2) is 0 Å². The van der Waals surface area contributed by atoms with Crippen LogP contribution in [-0.2, 0) is 5.41 Å². The van der Waals surface area contributed by atoms with Crippen molar-refractivity contribution in [3.63, 3.8) is 0 Å². The summed E-state index contributed by atoms with van der Waals surface area (Å²) in [6.07, 6.45) is 0. The number of phenols is 1. The maximum atomic E-state index is 10.0. The third-order valence-electron chi connectivity index (χ3n) is 2.45. The molecule has 0 saturated heterocycles. The number of halogens is 1. The molecule has 0 heterocycles. The van der Waals surface area contributed by atoms with Crippen LogP contribution in [-0.4, -0.2) is 5.11 Å². The van der Waals surface area contributed by atoms with Gasteiger partial charge in [0.1, 0.15) is 5.75 Å². The maximum Gasteiger partial charge on any atom is 0.123 e. The van der Waals surface area contributed by atoms with Gasteiger partial charge in [-0.05, 0) is 30.4 Å². The highest BCUT2D eigenvalue weighted by atomic mass is 79.9. The molecule has 0 aliphatic carbocycles. The third-order valence-corrected chi connectivity index (χ3v) is 3.67. The van der Waals surface area contributed by atoms with Crippen molar-refractivity contribution in [2.75, 3.05) is 0 Å². The average molecular weight is 257 g/mol. The number of hydrogen-bond donors (Lipinski definition) is 1. The summed E-state index contributed by atoms with van der Waals surface area (Å²) in [7, 11) is 0. The summed E-state index contributed by atoms with van der Waals surface area (Å²) in [6, 6.07) is 2.05. The molecule has 14 heavy (non-hydrogen) atoms. The molecule has 0 amide bonds. The van der Waals surface area contributed by atoms with Crippen LogP contribution in [0.1, 0.15) is 37.5 Å². The maximum absolute atomic E-state index is 10.0. The third kappa shape index (κ3) is 1.95. The number of phenolic OH excluding ortho intramolecular Hbond substituents is 1. The van der Waals surface area contributed by atoms with Gasteiger partial charge >= 0.3 is 0 Å². The van der Waals surface area contributed by atoms with Crippen LogP contribution in [0.2, 0.25) is 0 Å². The molecule has 0 spiro atoms. The predicted molar refractivity (Wildman–Crippen MR) is 64.0 cm³/mol. The Hall–Kier alpha value is -0.500. The molecule has 0 fully saturated rings. The van der Waals surface area contributed by atoms with Gasteiger partial charge in [-0.2, -0.15) is 0 Å². The molecule has 0 unspecified atom stereocenters. The minimum absolute atomic E-state index is 0.0136. The summed E-state index contributed by atoms with van der Waals surface area (Å²) >= 11 is 3.47. The molecule has 0 aliphatic rings. The Balaban J connectivity index is 3.49. The van der Waals surface area contributed by atoms with Crippen molar-refractivity contribution in [2.45, 2.75) is 40.0 Å². The smallest absolute Gasteiger partial charge is 0.123 e. The summed E-state index contributed by atoms with van der Waals surface area (Å²) in [5, 5.41) is 10.0. The van der Waals surface area contributed by atoms with Crippen molar-refractivity contribution in [1.82, 2.24) is 0 Å². The minimum atomic E-state index is -0.0136. The molecule has 0 atom stereocenters. The lowest BCUT2D eigenvalue weighted by atomic mass is 9.84. The van der Waals surface area contributed by atoms with Gasteiger partial charge in [0.05, 0.1) is 0 Å². The monoisotopic (exact) mass is 256 g/mol. The Labute approximate surface area is 94.3 Å². The van der Waals surface area contributed by atoms with E-state index < -0.39 is 0 Å². The quantitative estimate of drug-likeness (QED) is 0.742. The highest BCUT2D eigenvalue weighted by Gasteiger charge is 2.21. The zero-order valence-corrected chi connectivity index (χ0v) is 11.0. The van der Waals surface area contributed by atoms with Gasteiger partial charge in [0.25, 0.3) is 0 Å². The van der Waals surface area contributed by atoms with Gasteiger partial charge in [-0.1, -0.05) is 42.8 Å². The van der Waals surface area contributed by atoms with Crippen molar-refractivity contribution in [3.8, 4) is 5.75 Å². The van der Waals surface area contributed by atoms with E-state index >= 15 is 0 Å². The Bertz CT molecular complexity index is 362. The van der Waals surface area contributed by atoms with E-state index in [-0.39, 0.29) is 5.41 Å². The highest BCUT2D eigenvalue weighted by molar-refractivity contribution is 9.10. The molecule has 1 nitrogen and oxygen atoms in total. The first-order valence-electron chi connectivity index (χ1n) is 4.74. The van der Waals surface area contributed by atoms with Crippen molar-refractivity contribution in [2.24, 2.45) is 0 Å². The fraction of sp³-hybridized carbons (Fsp3) is 0.500. The summed E-state index contributed by atoms with van der Waals surface area (Å²) in [4.78, 5) is 0. The van der Waals surface area contributed by atoms with Crippen LogP contribution < -0.4 is 0 Å². The molecule has 1 rings (SSSR count). The molecule has 0 aliphatic heterocycles. The fourth-order valence-electron chi connectivity index (χ4n) is 1.52. The van der Waals surface area contributed by atoms with E-state index in [2.05, 4.69) is 36.7 Å². The van der Waals surface area contributed by atoms with E-state index in [0.717, 1.165) is 15.6 Å². The lowest BCUT2D eigenvalue weighted by Crippen LogP contribution is -2.12. The molecule has 1 aromatic carbocycles. The zero-order valence-electron chi connectivity index (χ0n) is 9.40. The topological polar surface area (TPSA) is 20.2 Å². The van der Waals surface area contributed by atoms with Gasteiger partial charge in [-0.15, -0.1) is 0 Å². The zero-order chi connectivity index (χ0) is 11.1. The van der Waals surface area contributed by atoms with E-state index in [1.54, 1.807) is 0 Å². The highest BCUT2D eigenvalue weighted by Crippen LogP contribution is 2.38. The van der Waals surface area contributed by atoms with Gasteiger partial charge in [0.2, 0.25) is 0 Å². The van der Waals surface area contributed by atoms with Crippen molar-refractivity contribution >= 4 is 15.9 Å². The summed E-state index contributed by atoms with van der Waals surface area (Å²) < 4.78 is 1.00. The Morgan fingerprint density at radius 1 is 1.21 bits per heavy atom. The first kappa shape index (κ1) is 11.6. The molecule has 0 bridgehead atoms. The predicted octanol–water partition coefficient (Wildman–Crippen LogP) is 4.07. The second kappa shape index (κ2) is 3.58. The second-order valence-electron chi connectivity index (χ2n) is 4.78. The second-order valence-corrected chi connectivity index (χ2v) is 5.57. The van der Waals surface area contributed by atoms with Crippen molar-refractivity contribution in [3.05, 3.63) is 27.2 Å². The molecular formula is C12H17BrO. The van der Waals surface area contributed by atoms with Crippen LogP contribution in [0.5, 0.6) is 5.75 Å².